The standard InChI is InChI=1S/C17H18N6O2S/c1-2-11(16(19)25)22-14-6-4-10(15(18)24)17(23-14)21-9-3-5-12-13(7-9)26-8-20-12/h3-8,11H,2H2,1H3,(H2,18,24)(H2,19,25)(H2,21,22,23). The maximum absolute atomic E-state index is 11.7. The summed E-state index contributed by atoms with van der Waals surface area (Å²) in [5, 5.41) is 6.07. The fourth-order valence-corrected chi connectivity index (χ4v) is 3.17. The Morgan fingerprint density at radius 1 is 1.23 bits per heavy atom. The summed E-state index contributed by atoms with van der Waals surface area (Å²) < 4.78 is 1.00. The molecule has 1 aromatic carbocycles. The smallest absolute Gasteiger partial charge is 0.252 e. The van der Waals surface area contributed by atoms with E-state index < -0.39 is 17.9 Å². The third kappa shape index (κ3) is 3.72. The molecule has 0 bridgehead atoms. The first-order valence-electron chi connectivity index (χ1n) is 7.95. The number of aromatic nitrogens is 2. The number of anilines is 3. The Hall–Kier alpha value is -3.20. The monoisotopic (exact) mass is 370 g/mol. The van der Waals surface area contributed by atoms with Gasteiger partial charge < -0.3 is 22.1 Å². The lowest BCUT2D eigenvalue weighted by Gasteiger charge is -2.16. The molecule has 0 fully saturated rings. The van der Waals surface area contributed by atoms with E-state index in [2.05, 4.69) is 20.6 Å². The van der Waals surface area contributed by atoms with Crippen LogP contribution in [0.4, 0.5) is 17.3 Å². The van der Waals surface area contributed by atoms with E-state index in [-0.39, 0.29) is 5.56 Å². The highest BCUT2D eigenvalue weighted by Crippen LogP contribution is 2.26. The molecule has 134 valence electrons. The lowest BCUT2D eigenvalue weighted by atomic mass is 10.2. The van der Waals surface area contributed by atoms with Crippen LogP contribution in [0.5, 0.6) is 0 Å². The molecule has 0 spiro atoms. The molecule has 8 nitrogen and oxygen atoms in total. The van der Waals surface area contributed by atoms with Gasteiger partial charge in [-0.3, -0.25) is 9.59 Å². The lowest BCUT2D eigenvalue weighted by molar-refractivity contribution is -0.118. The molecule has 3 aromatic rings. The summed E-state index contributed by atoms with van der Waals surface area (Å²) in [4.78, 5) is 31.8. The molecule has 9 heteroatoms. The molecule has 2 heterocycles. The van der Waals surface area contributed by atoms with E-state index in [9.17, 15) is 9.59 Å². The van der Waals surface area contributed by atoms with Gasteiger partial charge >= 0.3 is 0 Å². The van der Waals surface area contributed by atoms with Gasteiger partial charge in [0.2, 0.25) is 5.91 Å². The summed E-state index contributed by atoms with van der Waals surface area (Å²) in [7, 11) is 0. The van der Waals surface area contributed by atoms with Crippen molar-refractivity contribution < 1.29 is 9.59 Å². The van der Waals surface area contributed by atoms with Crippen molar-refractivity contribution in [2.75, 3.05) is 10.6 Å². The second-order valence-corrected chi connectivity index (χ2v) is 6.51. The van der Waals surface area contributed by atoms with Gasteiger partial charge in [0.25, 0.3) is 5.91 Å². The van der Waals surface area contributed by atoms with E-state index in [0.29, 0.717) is 18.1 Å². The number of thiazole rings is 1. The van der Waals surface area contributed by atoms with Gasteiger partial charge in [-0.15, -0.1) is 11.3 Å². The number of primary amides is 2. The van der Waals surface area contributed by atoms with Gasteiger partial charge in [-0.05, 0) is 36.8 Å². The molecule has 1 unspecified atom stereocenters. The van der Waals surface area contributed by atoms with E-state index in [1.54, 1.807) is 17.6 Å². The molecule has 0 aliphatic heterocycles. The second-order valence-electron chi connectivity index (χ2n) is 5.62. The van der Waals surface area contributed by atoms with E-state index in [1.165, 1.54) is 11.3 Å². The van der Waals surface area contributed by atoms with Gasteiger partial charge in [-0.1, -0.05) is 6.92 Å². The molecule has 0 saturated carbocycles. The number of carbonyl (C=O) groups excluding carboxylic acids is 2. The van der Waals surface area contributed by atoms with Crippen molar-refractivity contribution >= 4 is 50.7 Å². The summed E-state index contributed by atoms with van der Waals surface area (Å²) in [5.74, 6) is -0.362. The predicted octanol–water partition coefficient (Wildman–Crippen LogP) is 2.21. The second kappa shape index (κ2) is 7.36. The van der Waals surface area contributed by atoms with Gasteiger partial charge in [-0.25, -0.2) is 9.97 Å². The largest absolute Gasteiger partial charge is 0.368 e. The van der Waals surface area contributed by atoms with Crippen molar-refractivity contribution in [2.24, 2.45) is 11.5 Å². The summed E-state index contributed by atoms with van der Waals surface area (Å²) in [6, 6.07) is 8.22. The molecule has 0 saturated heterocycles. The average molecular weight is 370 g/mol. The number of fused-ring (bicyclic) bond motifs is 1. The number of pyridine rings is 1. The molecule has 26 heavy (non-hydrogen) atoms. The van der Waals surface area contributed by atoms with E-state index >= 15 is 0 Å². The van der Waals surface area contributed by atoms with Crippen LogP contribution in [0.1, 0.15) is 23.7 Å². The Balaban J connectivity index is 1.93. The summed E-state index contributed by atoms with van der Waals surface area (Å²) >= 11 is 1.51. The van der Waals surface area contributed by atoms with Crippen LogP contribution >= 0.6 is 11.3 Å². The van der Waals surface area contributed by atoms with Crippen molar-refractivity contribution in [3.05, 3.63) is 41.4 Å². The van der Waals surface area contributed by atoms with Crippen molar-refractivity contribution in [3.8, 4) is 0 Å². The number of nitrogens with two attached hydrogens (primary N) is 2. The van der Waals surface area contributed by atoms with Gasteiger partial charge in [0, 0.05) is 5.69 Å². The summed E-state index contributed by atoms with van der Waals surface area (Å²) in [5.41, 5.74) is 14.4. The van der Waals surface area contributed by atoms with Crippen LogP contribution in [0.25, 0.3) is 10.2 Å². The zero-order valence-electron chi connectivity index (χ0n) is 14.0. The van der Waals surface area contributed by atoms with Gasteiger partial charge in [0.05, 0.1) is 21.3 Å². The SMILES string of the molecule is CCC(Nc1ccc(C(N)=O)c(Nc2ccc3ncsc3c2)n1)C(N)=O. The third-order valence-corrected chi connectivity index (χ3v) is 4.62. The predicted molar refractivity (Wildman–Crippen MR) is 103 cm³/mol. The summed E-state index contributed by atoms with van der Waals surface area (Å²) in [6.45, 7) is 1.84. The molecule has 3 rings (SSSR count). The molecule has 1 atom stereocenters. The van der Waals surface area contributed by atoms with Crippen LogP contribution in [-0.4, -0.2) is 27.8 Å². The average Bonchev–Trinajstić information content (AvgIpc) is 3.07. The Kier molecular flexibility index (Phi) is 4.99. The number of hydrogen-bond donors (Lipinski definition) is 4. The zero-order chi connectivity index (χ0) is 18.7. The third-order valence-electron chi connectivity index (χ3n) is 3.83. The highest BCUT2D eigenvalue weighted by molar-refractivity contribution is 7.16. The van der Waals surface area contributed by atoms with Crippen molar-refractivity contribution in [1.29, 1.82) is 0 Å². The Morgan fingerprint density at radius 2 is 2.04 bits per heavy atom. The fourth-order valence-electron chi connectivity index (χ4n) is 2.46. The minimum Gasteiger partial charge on any atom is -0.368 e. The van der Waals surface area contributed by atoms with Crippen molar-refractivity contribution in [3.63, 3.8) is 0 Å². The van der Waals surface area contributed by atoms with Gasteiger partial charge in [0.15, 0.2) is 0 Å². The van der Waals surface area contributed by atoms with E-state index in [1.807, 2.05) is 25.1 Å². The zero-order valence-corrected chi connectivity index (χ0v) is 14.8. The Bertz CT molecular complexity index is 971. The van der Waals surface area contributed by atoms with Crippen LogP contribution in [0, 0.1) is 0 Å². The molecule has 0 aliphatic rings. The highest BCUT2D eigenvalue weighted by atomic mass is 32.1. The van der Waals surface area contributed by atoms with Crippen LogP contribution < -0.4 is 22.1 Å². The van der Waals surface area contributed by atoms with Crippen LogP contribution in [0.3, 0.4) is 0 Å². The Labute approximate surface area is 153 Å². The van der Waals surface area contributed by atoms with Gasteiger partial charge in [-0.2, -0.15) is 0 Å². The lowest BCUT2D eigenvalue weighted by Crippen LogP contribution is -2.35. The number of amides is 2. The molecule has 2 aromatic heterocycles. The fraction of sp³-hybridized carbons (Fsp3) is 0.176. The number of hydrogen-bond acceptors (Lipinski definition) is 7. The van der Waals surface area contributed by atoms with Crippen LogP contribution in [0.2, 0.25) is 0 Å². The molecule has 0 radical (unpaired) electrons. The van der Waals surface area contributed by atoms with E-state index in [4.69, 9.17) is 11.5 Å². The summed E-state index contributed by atoms with van der Waals surface area (Å²) in [6.07, 6.45) is 0.513. The first-order valence-corrected chi connectivity index (χ1v) is 8.83. The minimum absolute atomic E-state index is 0.243. The number of rotatable bonds is 7. The van der Waals surface area contributed by atoms with Gasteiger partial charge in [0.1, 0.15) is 17.7 Å². The van der Waals surface area contributed by atoms with Crippen molar-refractivity contribution in [1.82, 2.24) is 9.97 Å². The highest BCUT2D eigenvalue weighted by Gasteiger charge is 2.16. The Morgan fingerprint density at radius 3 is 2.73 bits per heavy atom. The van der Waals surface area contributed by atoms with Crippen molar-refractivity contribution in [2.45, 2.75) is 19.4 Å². The molecule has 0 aliphatic carbocycles. The number of nitrogens with one attached hydrogen (secondary N) is 2. The number of benzene rings is 1. The van der Waals surface area contributed by atoms with E-state index in [0.717, 1.165) is 15.9 Å². The maximum atomic E-state index is 11.7. The molecular formula is C17H18N6O2S. The first-order chi connectivity index (χ1) is 12.5. The molecule has 6 N–H and O–H groups in total. The maximum Gasteiger partial charge on any atom is 0.252 e. The minimum atomic E-state index is -0.604. The first kappa shape index (κ1) is 17.6. The number of nitrogens with zero attached hydrogens (tertiary/aromatic N) is 2. The molecular weight excluding hydrogens is 352 g/mol. The number of carbonyl (C=O) groups is 2. The van der Waals surface area contributed by atoms with Crippen LogP contribution in [-0.2, 0) is 4.79 Å². The molecule has 2 amide bonds. The van der Waals surface area contributed by atoms with Crippen LogP contribution in [0.15, 0.2) is 35.8 Å². The quantitative estimate of drug-likeness (QED) is 0.503. The topological polar surface area (TPSA) is 136 Å². The normalized spacial score (nSPS) is 11.9.